The van der Waals surface area contributed by atoms with Gasteiger partial charge in [0.25, 0.3) is 0 Å². The first kappa shape index (κ1) is 78.3. The van der Waals surface area contributed by atoms with Gasteiger partial charge in [0.2, 0.25) is 0 Å². The summed E-state index contributed by atoms with van der Waals surface area (Å²) in [6.07, 6.45) is 100. The lowest BCUT2D eigenvalue weighted by Crippen LogP contribution is -2.30. The number of allylic oxidation sites excluding steroid dienone is 24. The van der Waals surface area contributed by atoms with E-state index in [-0.39, 0.29) is 31.1 Å². The molecule has 0 aromatic rings. The number of rotatable bonds is 61. The van der Waals surface area contributed by atoms with Crippen molar-refractivity contribution in [3.63, 3.8) is 0 Å². The van der Waals surface area contributed by atoms with Crippen LogP contribution in [0.4, 0.5) is 0 Å². The Morgan fingerprint density at radius 2 is 0.470 bits per heavy atom. The molecule has 0 aromatic carbocycles. The molecule has 0 aromatic heterocycles. The first-order valence-corrected chi connectivity index (χ1v) is 34.3. The molecule has 470 valence electrons. The molecular formula is C77H126O6. The van der Waals surface area contributed by atoms with Crippen molar-refractivity contribution in [2.75, 3.05) is 13.2 Å². The minimum atomic E-state index is -0.801. The van der Waals surface area contributed by atoms with Crippen molar-refractivity contribution in [1.82, 2.24) is 0 Å². The number of unbranched alkanes of at least 4 members (excludes halogenated alkanes) is 26. The van der Waals surface area contributed by atoms with Crippen LogP contribution in [0.1, 0.15) is 303 Å². The Labute approximate surface area is 512 Å². The molecule has 0 bridgehead atoms. The Hall–Kier alpha value is -4.71. The molecule has 0 aliphatic rings. The van der Waals surface area contributed by atoms with Gasteiger partial charge in [0.15, 0.2) is 6.10 Å². The normalized spacial score (nSPS) is 13.0. The molecule has 0 aliphatic heterocycles. The van der Waals surface area contributed by atoms with Gasteiger partial charge in [-0.3, -0.25) is 14.4 Å². The fraction of sp³-hybridized carbons (Fsp3) is 0.649. The van der Waals surface area contributed by atoms with Gasteiger partial charge in [-0.2, -0.15) is 0 Å². The van der Waals surface area contributed by atoms with Gasteiger partial charge >= 0.3 is 17.9 Å². The molecule has 6 heteroatoms. The zero-order chi connectivity index (χ0) is 59.9. The molecule has 83 heavy (non-hydrogen) atoms. The molecule has 0 heterocycles. The third-order valence-corrected chi connectivity index (χ3v) is 14.3. The van der Waals surface area contributed by atoms with Crippen molar-refractivity contribution in [2.45, 2.75) is 309 Å². The predicted molar refractivity (Wildman–Crippen MR) is 362 cm³/mol. The zero-order valence-electron chi connectivity index (χ0n) is 53.9. The van der Waals surface area contributed by atoms with Crippen LogP contribution < -0.4 is 0 Å². The summed E-state index contributed by atoms with van der Waals surface area (Å²) in [5.74, 6) is -0.926. The third-order valence-electron chi connectivity index (χ3n) is 14.3. The van der Waals surface area contributed by atoms with Gasteiger partial charge in [0, 0.05) is 19.3 Å². The van der Waals surface area contributed by atoms with E-state index in [9.17, 15) is 14.4 Å². The quantitative estimate of drug-likeness (QED) is 0.0261. The minimum absolute atomic E-state index is 0.0941. The van der Waals surface area contributed by atoms with E-state index in [1.54, 1.807) is 0 Å². The highest BCUT2D eigenvalue weighted by atomic mass is 16.6. The molecular weight excluding hydrogens is 1020 g/mol. The summed E-state index contributed by atoms with van der Waals surface area (Å²) in [5.41, 5.74) is 0. The Kier molecular flexibility index (Phi) is 65.8. The van der Waals surface area contributed by atoms with Crippen molar-refractivity contribution in [3.05, 3.63) is 146 Å². The van der Waals surface area contributed by atoms with Crippen molar-refractivity contribution >= 4 is 17.9 Å². The van der Waals surface area contributed by atoms with Crippen molar-refractivity contribution in [3.8, 4) is 0 Å². The third kappa shape index (κ3) is 68.0. The molecule has 0 rings (SSSR count). The van der Waals surface area contributed by atoms with Crippen molar-refractivity contribution in [1.29, 1.82) is 0 Å². The second-order valence-electron chi connectivity index (χ2n) is 22.3. The maximum atomic E-state index is 12.9. The maximum Gasteiger partial charge on any atom is 0.306 e. The smallest absolute Gasteiger partial charge is 0.306 e. The van der Waals surface area contributed by atoms with Gasteiger partial charge in [-0.1, -0.05) is 295 Å². The summed E-state index contributed by atoms with van der Waals surface area (Å²) in [4.78, 5) is 38.3. The predicted octanol–water partition coefficient (Wildman–Crippen LogP) is 23.9. The topological polar surface area (TPSA) is 78.9 Å². The van der Waals surface area contributed by atoms with E-state index in [1.807, 2.05) is 0 Å². The molecule has 0 saturated heterocycles. The first-order chi connectivity index (χ1) is 41.0. The van der Waals surface area contributed by atoms with E-state index >= 15 is 0 Å². The molecule has 0 aliphatic carbocycles. The van der Waals surface area contributed by atoms with E-state index < -0.39 is 6.10 Å². The molecule has 0 spiro atoms. The molecule has 0 N–H and O–H groups in total. The van der Waals surface area contributed by atoms with E-state index in [2.05, 4.69) is 167 Å². The standard InChI is InChI=1S/C77H126O6/c1-4-7-10-13-16-19-22-24-26-28-30-32-34-35-36-37-38-39-40-41-43-44-46-48-50-52-55-58-61-64-67-70-76(79)82-73-74(72-81-75(78)69-66-63-60-57-54-21-18-15-12-9-6-3)83-77(80)71-68-65-62-59-56-53-51-49-47-45-42-33-31-29-27-25-23-20-17-14-11-8-5-2/h7-8,10-11,15-20,24-27,30-33,35-36,45,47,51,53,74H,4-6,9,12-14,21-23,28-29,34,37-44,46,48-50,52,54-73H2,1-3H3/b10-7-,11-8-,18-15-,19-16-,20-17-,26-24-,27-25-,32-30-,33-31-,36-35-,47-45-,53-51-. The summed E-state index contributed by atoms with van der Waals surface area (Å²) in [5, 5.41) is 0. The Balaban J connectivity index is 4.27. The lowest BCUT2D eigenvalue weighted by atomic mass is 10.0. The lowest BCUT2D eigenvalue weighted by molar-refractivity contribution is -0.167. The molecule has 0 saturated carbocycles. The van der Waals surface area contributed by atoms with E-state index in [0.29, 0.717) is 19.3 Å². The number of ether oxygens (including phenoxy) is 3. The number of hydrogen-bond acceptors (Lipinski definition) is 6. The number of carbonyl (C=O) groups is 3. The van der Waals surface area contributed by atoms with Crippen LogP contribution in [0.3, 0.4) is 0 Å². The number of carbonyl (C=O) groups excluding carboxylic acids is 3. The van der Waals surface area contributed by atoms with Crippen LogP contribution in [0.15, 0.2) is 146 Å². The zero-order valence-corrected chi connectivity index (χ0v) is 53.9. The number of hydrogen-bond donors (Lipinski definition) is 0. The van der Waals surface area contributed by atoms with Gasteiger partial charge in [-0.25, -0.2) is 0 Å². The van der Waals surface area contributed by atoms with E-state index in [1.165, 1.54) is 109 Å². The fourth-order valence-electron chi connectivity index (χ4n) is 9.22. The van der Waals surface area contributed by atoms with E-state index in [0.717, 1.165) is 154 Å². The average molecular weight is 1150 g/mol. The average Bonchev–Trinajstić information content (AvgIpc) is 3.48. The Morgan fingerprint density at radius 3 is 0.747 bits per heavy atom. The van der Waals surface area contributed by atoms with Crippen LogP contribution in [0.2, 0.25) is 0 Å². The van der Waals surface area contributed by atoms with Crippen LogP contribution >= 0.6 is 0 Å². The second-order valence-corrected chi connectivity index (χ2v) is 22.3. The van der Waals surface area contributed by atoms with E-state index in [4.69, 9.17) is 14.2 Å². The summed E-state index contributed by atoms with van der Waals surface area (Å²) in [6, 6.07) is 0. The maximum absolute atomic E-state index is 12.9. The lowest BCUT2D eigenvalue weighted by Gasteiger charge is -2.18. The minimum Gasteiger partial charge on any atom is -0.462 e. The van der Waals surface area contributed by atoms with Crippen LogP contribution in [0.25, 0.3) is 0 Å². The van der Waals surface area contributed by atoms with Crippen LogP contribution in [0.5, 0.6) is 0 Å². The second kappa shape index (κ2) is 69.8. The van der Waals surface area contributed by atoms with Crippen LogP contribution in [-0.2, 0) is 28.6 Å². The van der Waals surface area contributed by atoms with Gasteiger partial charge in [-0.05, 0) is 135 Å². The largest absolute Gasteiger partial charge is 0.462 e. The van der Waals surface area contributed by atoms with Crippen molar-refractivity contribution in [2.24, 2.45) is 0 Å². The molecule has 1 atom stereocenters. The van der Waals surface area contributed by atoms with Gasteiger partial charge in [0.05, 0.1) is 0 Å². The van der Waals surface area contributed by atoms with Crippen LogP contribution in [0, 0.1) is 0 Å². The highest BCUT2D eigenvalue weighted by molar-refractivity contribution is 5.71. The molecule has 0 fully saturated rings. The summed E-state index contributed by atoms with van der Waals surface area (Å²) in [7, 11) is 0. The molecule has 0 amide bonds. The van der Waals surface area contributed by atoms with Crippen molar-refractivity contribution < 1.29 is 28.6 Å². The van der Waals surface area contributed by atoms with Crippen LogP contribution in [-0.4, -0.2) is 37.2 Å². The first-order valence-electron chi connectivity index (χ1n) is 34.3. The Morgan fingerprint density at radius 1 is 0.253 bits per heavy atom. The number of esters is 3. The summed E-state index contributed by atoms with van der Waals surface area (Å²) in [6.45, 7) is 6.36. The highest BCUT2D eigenvalue weighted by Gasteiger charge is 2.19. The molecule has 6 nitrogen and oxygen atoms in total. The Bertz CT molecular complexity index is 1800. The SMILES string of the molecule is CC/C=C\C/C=C\C/C=C\C/C=C\C/C=C\C/C=C\CCCCCCC(=O)OC(COC(=O)CCCCCCC/C=C\CCCC)COC(=O)CCCCCCCCCCCCCCCCC/C=C\C/C=C\C/C=C\C/C=C\C/C=C\CC. The molecule has 0 radical (unpaired) electrons. The fourth-order valence-corrected chi connectivity index (χ4v) is 9.22. The summed E-state index contributed by atoms with van der Waals surface area (Å²) >= 11 is 0. The molecule has 1 unspecified atom stereocenters. The monoisotopic (exact) mass is 1150 g/mol. The van der Waals surface area contributed by atoms with Gasteiger partial charge in [0.1, 0.15) is 13.2 Å². The van der Waals surface area contributed by atoms with Gasteiger partial charge < -0.3 is 14.2 Å². The van der Waals surface area contributed by atoms with Gasteiger partial charge in [-0.15, -0.1) is 0 Å². The highest BCUT2D eigenvalue weighted by Crippen LogP contribution is 2.16. The summed E-state index contributed by atoms with van der Waals surface area (Å²) < 4.78 is 16.9.